The van der Waals surface area contributed by atoms with Crippen LogP contribution in [0.25, 0.3) is 0 Å². The van der Waals surface area contributed by atoms with Gasteiger partial charge in [-0.25, -0.2) is 0 Å². The SMILES string of the molecule is CCC(CO)COCC(COCC(CC)CO)OCC(CC)CO. The van der Waals surface area contributed by atoms with E-state index in [0.717, 1.165) is 19.3 Å². The van der Waals surface area contributed by atoms with Gasteiger partial charge in [0.2, 0.25) is 0 Å². The second-order valence-electron chi connectivity index (χ2n) is 6.40. The van der Waals surface area contributed by atoms with E-state index in [1.165, 1.54) is 0 Å². The van der Waals surface area contributed by atoms with Gasteiger partial charge in [0.15, 0.2) is 0 Å². The predicted molar refractivity (Wildman–Crippen MR) is 94.0 cm³/mol. The van der Waals surface area contributed by atoms with Crippen LogP contribution in [-0.2, 0) is 14.2 Å². The zero-order chi connectivity index (χ0) is 18.2. The van der Waals surface area contributed by atoms with Crippen molar-refractivity contribution in [3.63, 3.8) is 0 Å². The fraction of sp³-hybridized carbons (Fsp3) is 1.00. The molecule has 0 rings (SSSR count). The normalized spacial score (nSPS) is 16.8. The maximum Gasteiger partial charge on any atom is 0.104 e. The lowest BCUT2D eigenvalue weighted by molar-refractivity contribution is -0.0838. The van der Waals surface area contributed by atoms with Crippen LogP contribution in [0, 0.1) is 17.8 Å². The summed E-state index contributed by atoms with van der Waals surface area (Å²) in [6.45, 7) is 8.67. The molecule has 0 spiro atoms. The van der Waals surface area contributed by atoms with Crippen LogP contribution in [0.2, 0.25) is 0 Å². The first-order valence-corrected chi connectivity index (χ1v) is 9.24. The molecular formula is C18H38O6. The molecule has 6 nitrogen and oxygen atoms in total. The van der Waals surface area contributed by atoms with E-state index in [-0.39, 0.29) is 43.7 Å². The Morgan fingerprint density at radius 1 is 0.583 bits per heavy atom. The summed E-state index contributed by atoms with van der Waals surface area (Å²) in [5, 5.41) is 27.7. The number of ether oxygens (including phenoxy) is 3. The van der Waals surface area contributed by atoms with Crippen LogP contribution >= 0.6 is 0 Å². The minimum Gasteiger partial charge on any atom is -0.396 e. The molecule has 0 fully saturated rings. The monoisotopic (exact) mass is 350 g/mol. The average molecular weight is 350 g/mol. The summed E-state index contributed by atoms with van der Waals surface area (Å²) in [5.74, 6) is 0.409. The van der Waals surface area contributed by atoms with Crippen molar-refractivity contribution in [3.8, 4) is 0 Å². The Morgan fingerprint density at radius 2 is 0.958 bits per heavy atom. The van der Waals surface area contributed by atoms with Crippen molar-refractivity contribution in [2.24, 2.45) is 17.8 Å². The quantitative estimate of drug-likeness (QED) is 0.368. The van der Waals surface area contributed by atoms with Gasteiger partial charge in [-0.3, -0.25) is 0 Å². The van der Waals surface area contributed by atoms with Gasteiger partial charge in [-0.2, -0.15) is 0 Å². The molecule has 3 N–H and O–H groups in total. The summed E-state index contributed by atoms with van der Waals surface area (Å²) in [5.41, 5.74) is 0. The van der Waals surface area contributed by atoms with Gasteiger partial charge < -0.3 is 29.5 Å². The molecule has 0 heterocycles. The van der Waals surface area contributed by atoms with Crippen molar-refractivity contribution >= 4 is 0 Å². The second-order valence-corrected chi connectivity index (χ2v) is 6.40. The van der Waals surface area contributed by atoms with Crippen LogP contribution in [0.15, 0.2) is 0 Å². The highest BCUT2D eigenvalue weighted by Gasteiger charge is 2.16. The van der Waals surface area contributed by atoms with Gasteiger partial charge in [0.25, 0.3) is 0 Å². The first-order chi connectivity index (χ1) is 11.6. The van der Waals surface area contributed by atoms with Crippen LogP contribution < -0.4 is 0 Å². The van der Waals surface area contributed by atoms with Gasteiger partial charge in [0.1, 0.15) is 6.10 Å². The maximum absolute atomic E-state index is 9.27. The van der Waals surface area contributed by atoms with Crippen LogP contribution in [-0.4, -0.2) is 74.3 Å². The first kappa shape index (κ1) is 23.8. The Hall–Kier alpha value is -0.240. The molecule has 0 aromatic carbocycles. The summed E-state index contributed by atoms with van der Waals surface area (Å²) < 4.78 is 17.2. The summed E-state index contributed by atoms with van der Waals surface area (Å²) in [7, 11) is 0. The largest absolute Gasteiger partial charge is 0.396 e. The molecule has 0 radical (unpaired) electrons. The number of aliphatic hydroxyl groups is 3. The average Bonchev–Trinajstić information content (AvgIpc) is 2.62. The van der Waals surface area contributed by atoms with E-state index in [4.69, 9.17) is 14.2 Å². The minimum atomic E-state index is -0.210. The van der Waals surface area contributed by atoms with Crippen molar-refractivity contribution in [3.05, 3.63) is 0 Å². The van der Waals surface area contributed by atoms with E-state index in [9.17, 15) is 15.3 Å². The van der Waals surface area contributed by atoms with Gasteiger partial charge in [-0.05, 0) is 19.3 Å². The Morgan fingerprint density at radius 3 is 1.29 bits per heavy atom. The molecule has 3 unspecified atom stereocenters. The van der Waals surface area contributed by atoms with Gasteiger partial charge in [-0.15, -0.1) is 0 Å². The van der Waals surface area contributed by atoms with Crippen LogP contribution in [0.3, 0.4) is 0 Å². The number of hydrogen-bond acceptors (Lipinski definition) is 6. The molecule has 0 aromatic rings. The highest BCUT2D eigenvalue weighted by molar-refractivity contribution is 4.62. The molecule has 3 atom stereocenters. The van der Waals surface area contributed by atoms with E-state index in [1.807, 2.05) is 20.8 Å². The molecule has 24 heavy (non-hydrogen) atoms. The lowest BCUT2D eigenvalue weighted by atomic mass is 10.1. The molecule has 0 aliphatic rings. The smallest absolute Gasteiger partial charge is 0.104 e. The molecule has 146 valence electrons. The molecule has 6 heteroatoms. The number of rotatable bonds is 17. The summed E-state index contributed by atoms with van der Waals surface area (Å²) in [4.78, 5) is 0. The molecule has 0 aliphatic carbocycles. The topological polar surface area (TPSA) is 88.4 Å². The van der Waals surface area contributed by atoms with Crippen molar-refractivity contribution < 1.29 is 29.5 Å². The van der Waals surface area contributed by atoms with Gasteiger partial charge in [0, 0.05) is 37.6 Å². The Kier molecular flexibility index (Phi) is 16.1. The van der Waals surface area contributed by atoms with E-state index >= 15 is 0 Å². The summed E-state index contributed by atoms with van der Waals surface area (Å²) in [6, 6.07) is 0. The fourth-order valence-electron chi connectivity index (χ4n) is 2.05. The van der Waals surface area contributed by atoms with E-state index in [2.05, 4.69) is 0 Å². The summed E-state index contributed by atoms with van der Waals surface area (Å²) in [6.07, 6.45) is 2.39. The molecule has 0 aliphatic heterocycles. The second kappa shape index (κ2) is 16.2. The number of aliphatic hydroxyl groups excluding tert-OH is 3. The van der Waals surface area contributed by atoms with E-state index in [0.29, 0.717) is 33.0 Å². The molecule has 0 saturated heterocycles. The highest BCUT2D eigenvalue weighted by atomic mass is 16.6. The van der Waals surface area contributed by atoms with Crippen molar-refractivity contribution in [2.75, 3.05) is 52.9 Å². The zero-order valence-electron chi connectivity index (χ0n) is 15.7. The van der Waals surface area contributed by atoms with Crippen LogP contribution in [0.1, 0.15) is 40.0 Å². The Bertz CT molecular complexity index is 234. The van der Waals surface area contributed by atoms with Crippen molar-refractivity contribution in [1.29, 1.82) is 0 Å². The van der Waals surface area contributed by atoms with Gasteiger partial charge in [0.05, 0.1) is 33.0 Å². The highest BCUT2D eigenvalue weighted by Crippen LogP contribution is 2.08. The lowest BCUT2D eigenvalue weighted by Crippen LogP contribution is -2.31. The maximum atomic E-state index is 9.27. The fourth-order valence-corrected chi connectivity index (χ4v) is 2.05. The van der Waals surface area contributed by atoms with E-state index in [1.54, 1.807) is 0 Å². The van der Waals surface area contributed by atoms with Crippen molar-refractivity contribution in [1.82, 2.24) is 0 Å². The Labute approximate surface area is 147 Å². The molecular weight excluding hydrogens is 312 g/mol. The van der Waals surface area contributed by atoms with Crippen molar-refractivity contribution in [2.45, 2.75) is 46.1 Å². The van der Waals surface area contributed by atoms with Crippen LogP contribution in [0.4, 0.5) is 0 Å². The lowest BCUT2D eigenvalue weighted by Gasteiger charge is -2.23. The number of hydrogen-bond donors (Lipinski definition) is 3. The standard InChI is InChI=1S/C18H38O6/c1-4-15(7-19)10-22-13-18(24-12-17(6-3)9-21)14-23-11-16(5-2)8-20/h15-21H,4-14H2,1-3H3. The third kappa shape index (κ3) is 11.3. The summed E-state index contributed by atoms with van der Waals surface area (Å²) >= 11 is 0. The zero-order valence-corrected chi connectivity index (χ0v) is 15.7. The van der Waals surface area contributed by atoms with Crippen LogP contribution in [0.5, 0.6) is 0 Å². The minimum absolute atomic E-state index is 0.107. The predicted octanol–water partition coefficient (Wildman–Crippen LogP) is 1.46. The molecule has 0 bridgehead atoms. The molecule has 0 saturated carbocycles. The molecule has 0 aromatic heterocycles. The third-order valence-electron chi connectivity index (χ3n) is 4.39. The third-order valence-corrected chi connectivity index (χ3v) is 4.39. The van der Waals surface area contributed by atoms with Gasteiger partial charge in [-0.1, -0.05) is 20.8 Å². The Balaban J connectivity index is 4.26. The first-order valence-electron chi connectivity index (χ1n) is 9.24. The van der Waals surface area contributed by atoms with Gasteiger partial charge >= 0.3 is 0 Å². The van der Waals surface area contributed by atoms with E-state index < -0.39 is 0 Å². The molecule has 0 amide bonds.